The molecule has 1 aliphatic carbocycles. The Hall–Kier alpha value is -1.24. The van der Waals surface area contributed by atoms with Crippen molar-refractivity contribution in [3.05, 3.63) is 69.2 Å². The van der Waals surface area contributed by atoms with Gasteiger partial charge in [-0.2, -0.15) is 0 Å². The lowest BCUT2D eigenvalue weighted by Gasteiger charge is -2.04. The van der Waals surface area contributed by atoms with Crippen molar-refractivity contribution in [1.82, 2.24) is 0 Å². The lowest BCUT2D eigenvalue weighted by atomic mass is 10.0. The number of hydrogen-bond acceptors (Lipinski definition) is 0. The molecule has 3 rings (SSSR count). The Bertz CT molecular complexity index is 637. The van der Waals surface area contributed by atoms with Gasteiger partial charge in [0, 0.05) is 10.0 Å². The molecule has 0 unspecified atom stereocenters. The summed E-state index contributed by atoms with van der Waals surface area (Å²) in [7, 11) is 0. The topological polar surface area (TPSA) is 0 Å². The number of benzene rings is 2. The summed E-state index contributed by atoms with van der Waals surface area (Å²) >= 11 is 12.0. The van der Waals surface area contributed by atoms with Crippen LogP contribution in [0.5, 0.6) is 0 Å². The SMILES string of the molecule is CC1=C(c2ccc(Cl)cc2)Cc2cc(Cl)ccc21. The first-order valence-corrected chi connectivity index (χ1v) is 6.65. The first-order valence-electron chi connectivity index (χ1n) is 5.89. The molecule has 0 heterocycles. The van der Waals surface area contributed by atoms with Crippen LogP contribution < -0.4 is 0 Å². The molecule has 0 aliphatic heterocycles. The van der Waals surface area contributed by atoms with Crippen molar-refractivity contribution < 1.29 is 0 Å². The summed E-state index contributed by atoms with van der Waals surface area (Å²) < 4.78 is 0. The average molecular weight is 275 g/mol. The number of halogens is 2. The summed E-state index contributed by atoms with van der Waals surface area (Å²) in [6.07, 6.45) is 0.948. The molecule has 0 nitrogen and oxygen atoms in total. The third-order valence-corrected chi connectivity index (χ3v) is 3.97. The Morgan fingerprint density at radius 1 is 0.889 bits per heavy atom. The van der Waals surface area contributed by atoms with E-state index in [2.05, 4.69) is 31.2 Å². The summed E-state index contributed by atoms with van der Waals surface area (Å²) in [5, 5.41) is 1.58. The molecule has 2 aromatic rings. The van der Waals surface area contributed by atoms with Gasteiger partial charge < -0.3 is 0 Å². The van der Waals surface area contributed by atoms with Crippen molar-refractivity contribution in [2.75, 3.05) is 0 Å². The maximum Gasteiger partial charge on any atom is 0.0409 e. The summed E-state index contributed by atoms with van der Waals surface area (Å²) in [6.45, 7) is 2.17. The Labute approximate surface area is 117 Å². The molecule has 18 heavy (non-hydrogen) atoms. The van der Waals surface area contributed by atoms with E-state index < -0.39 is 0 Å². The molecular weight excluding hydrogens is 263 g/mol. The second-order valence-electron chi connectivity index (χ2n) is 4.59. The van der Waals surface area contributed by atoms with Gasteiger partial charge >= 0.3 is 0 Å². The molecule has 2 heteroatoms. The predicted molar refractivity (Wildman–Crippen MR) is 79.1 cm³/mol. The molecule has 0 fully saturated rings. The van der Waals surface area contributed by atoms with E-state index in [1.165, 1.54) is 27.8 Å². The first-order chi connectivity index (χ1) is 8.65. The zero-order valence-electron chi connectivity index (χ0n) is 10.0. The van der Waals surface area contributed by atoms with Crippen LogP contribution in [0.2, 0.25) is 10.0 Å². The van der Waals surface area contributed by atoms with Gasteiger partial charge in [0.2, 0.25) is 0 Å². The number of fused-ring (bicyclic) bond motifs is 1. The summed E-state index contributed by atoms with van der Waals surface area (Å²) in [4.78, 5) is 0. The standard InChI is InChI=1S/C16H12Cl2/c1-10-15-7-6-14(18)8-12(15)9-16(10)11-2-4-13(17)5-3-11/h2-8H,9H2,1H3. The molecule has 0 radical (unpaired) electrons. The molecule has 1 aliphatic rings. The van der Waals surface area contributed by atoms with E-state index in [-0.39, 0.29) is 0 Å². The van der Waals surface area contributed by atoms with Crippen LogP contribution >= 0.6 is 23.2 Å². The number of rotatable bonds is 1. The highest BCUT2D eigenvalue weighted by Crippen LogP contribution is 2.39. The normalized spacial score (nSPS) is 13.9. The lowest BCUT2D eigenvalue weighted by Crippen LogP contribution is -1.85. The van der Waals surface area contributed by atoms with Crippen molar-refractivity contribution in [2.24, 2.45) is 0 Å². The van der Waals surface area contributed by atoms with Crippen molar-refractivity contribution >= 4 is 34.3 Å². The fourth-order valence-corrected chi connectivity index (χ4v) is 2.85. The van der Waals surface area contributed by atoms with Gasteiger partial charge in [-0.3, -0.25) is 0 Å². The zero-order chi connectivity index (χ0) is 12.7. The third kappa shape index (κ3) is 1.96. The van der Waals surface area contributed by atoms with E-state index >= 15 is 0 Å². The zero-order valence-corrected chi connectivity index (χ0v) is 11.5. The Kier molecular flexibility index (Phi) is 2.93. The van der Waals surface area contributed by atoms with Crippen LogP contribution in [0.1, 0.15) is 23.6 Å². The smallest absolute Gasteiger partial charge is 0.0409 e. The molecule has 0 atom stereocenters. The Morgan fingerprint density at radius 3 is 2.28 bits per heavy atom. The van der Waals surface area contributed by atoms with Crippen molar-refractivity contribution in [1.29, 1.82) is 0 Å². The summed E-state index contributed by atoms with van der Waals surface area (Å²) in [6, 6.07) is 14.2. The molecule has 0 bridgehead atoms. The van der Waals surface area contributed by atoms with Crippen molar-refractivity contribution in [3.63, 3.8) is 0 Å². The highest BCUT2D eigenvalue weighted by Gasteiger charge is 2.19. The van der Waals surface area contributed by atoms with Crippen LogP contribution in [0.4, 0.5) is 0 Å². The first kappa shape index (κ1) is 11.8. The number of allylic oxidation sites excluding steroid dienone is 2. The van der Waals surface area contributed by atoms with Gasteiger partial charge in [-0.05, 0) is 65.4 Å². The van der Waals surface area contributed by atoms with Crippen LogP contribution in [0, 0.1) is 0 Å². The molecule has 0 aromatic heterocycles. The molecule has 0 N–H and O–H groups in total. The van der Waals surface area contributed by atoms with Gasteiger partial charge in [0.25, 0.3) is 0 Å². The fraction of sp³-hybridized carbons (Fsp3) is 0.125. The summed E-state index contributed by atoms with van der Waals surface area (Å²) in [5.74, 6) is 0. The molecule has 0 amide bonds. The largest absolute Gasteiger partial charge is 0.0843 e. The quantitative estimate of drug-likeness (QED) is 0.646. The minimum absolute atomic E-state index is 0.774. The minimum atomic E-state index is 0.774. The Morgan fingerprint density at radius 2 is 1.56 bits per heavy atom. The fourth-order valence-electron chi connectivity index (χ4n) is 2.53. The molecular formula is C16H12Cl2. The van der Waals surface area contributed by atoms with Gasteiger partial charge in [0.1, 0.15) is 0 Å². The molecule has 2 aromatic carbocycles. The van der Waals surface area contributed by atoms with E-state index in [1.807, 2.05) is 18.2 Å². The van der Waals surface area contributed by atoms with Gasteiger partial charge in [0.15, 0.2) is 0 Å². The van der Waals surface area contributed by atoms with E-state index in [9.17, 15) is 0 Å². The maximum absolute atomic E-state index is 6.05. The highest BCUT2D eigenvalue weighted by molar-refractivity contribution is 6.31. The van der Waals surface area contributed by atoms with Gasteiger partial charge in [-0.1, -0.05) is 41.4 Å². The third-order valence-electron chi connectivity index (χ3n) is 3.48. The van der Waals surface area contributed by atoms with Crippen LogP contribution in [-0.2, 0) is 6.42 Å². The number of hydrogen-bond donors (Lipinski definition) is 0. The molecule has 0 saturated heterocycles. The van der Waals surface area contributed by atoms with E-state index in [1.54, 1.807) is 0 Å². The average Bonchev–Trinajstić information content (AvgIpc) is 2.67. The predicted octanol–water partition coefficient (Wildman–Crippen LogP) is 5.48. The summed E-state index contributed by atoms with van der Waals surface area (Å²) in [5.41, 5.74) is 6.56. The van der Waals surface area contributed by atoms with Gasteiger partial charge in [-0.25, -0.2) is 0 Å². The van der Waals surface area contributed by atoms with Crippen molar-refractivity contribution in [3.8, 4) is 0 Å². The molecule has 0 saturated carbocycles. The van der Waals surface area contributed by atoms with Crippen LogP contribution in [0.15, 0.2) is 42.5 Å². The monoisotopic (exact) mass is 274 g/mol. The molecule has 90 valence electrons. The minimum Gasteiger partial charge on any atom is -0.0843 e. The van der Waals surface area contributed by atoms with E-state index in [0.717, 1.165) is 16.5 Å². The van der Waals surface area contributed by atoms with Gasteiger partial charge in [-0.15, -0.1) is 0 Å². The lowest BCUT2D eigenvalue weighted by molar-refractivity contribution is 1.32. The second kappa shape index (κ2) is 4.46. The second-order valence-corrected chi connectivity index (χ2v) is 5.46. The maximum atomic E-state index is 6.05. The van der Waals surface area contributed by atoms with Crippen molar-refractivity contribution in [2.45, 2.75) is 13.3 Å². The Balaban J connectivity index is 2.06. The van der Waals surface area contributed by atoms with Crippen LogP contribution in [-0.4, -0.2) is 0 Å². The van der Waals surface area contributed by atoms with Crippen LogP contribution in [0.3, 0.4) is 0 Å². The van der Waals surface area contributed by atoms with E-state index in [4.69, 9.17) is 23.2 Å². The molecule has 0 spiro atoms. The highest BCUT2D eigenvalue weighted by atomic mass is 35.5. The van der Waals surface area contributed by atoms with E-state index in [0.29, 0.717) is 0 Å². The van der Waals surface area contributed by atoms with Crippen LogP contribution in [0.25, 0.3) is 11.1 Å². The van der Waals surface area contributed by atoms with Gasteiger partial charge in [0.05, 0.1) is 0 Å².